The molecule has 4 rings (SSSR count). The second kappa shape index (κ2) is 7.16. The van der Waals surface area contributed by atoms with E-state index in [-0.39, 0.29) is 11.8 Å². The minimum absolute atomic E-state index is 0.0593. The van der Waals surface area contributed by atoms with Gasteiger partial charge in [-0.15, -0.1) is 0 Å². The van der Waals surface area contributed by atoms with Crippen molar-refractivity contribution in [2.24, 2.45) is 0 Å². The van der Waals surface area contributed by atoms with Crippen LogP contribution in [0.25, 0.3) is 11.5 Å². The van der Waals surface area contributed by atoms with Gasteiger partial charge in [-0.25, -0.2) is 0 Å². The Morgan fingerprint density at radius 2 is 2.00 bits per heavy atom. The topological polar surface area (TPSA) is 59.2 Å². The van der Waals surface area contributed by atoms with Crippen LogP contribution in [-0.2, 0) is 11.2 Å². The summed E-state index contributed by atoms with van der Waals surface area (Å²) in [5, 5.41) is 4.79. The van der Waals surface area contributed by atoms with Crippen LogP contribution in [0.15, 0.2) is 47.0 Å². The maximum absolute atomic E-state index is 12.5. The van der Waals surface area contributed by atoms with Crippen molar-refractivity contribution in [2.75, 3.05) is 11.4 Å². The Morgan fingerprint density at radius 1 is 1.22 bits per heavy atom. The van der Waals surface area contributed by atoms with Crippen LogP contribution in [0.4, 0.5) is 5.69 Å². The fourth-order valence-corrected chi connectivity index (χ4v) is 3.66. The summed E-state index contributed by atoms with van der Waals surface area (Å²) in [4.78, 5) is 18.9. The quantitative estimate of drug-likeness (QED) is 0.652. The number of nitrogens with zero attached hydrogens (tertiary/aromatic N) is 3. The first kappa shape index (κ1) is 17.7. The lowest BCUT2D eigenvalue weighted by molar-refractivity contribution is -0.117. The number of carbonyl (C=O) groups excluding carboxylic acids is 1. The van der Waals surface area contributed by atoms with E-state index in [4.69, 9.17) is 16.1 Å². The van der Waals surface area contributed by atoms with Crippen LogP contribution in [-0.4, -0.2) is 22.6 Å². The van der Waals surface area contributed by atoms with Crippen LogP contribution in [0.1, 0.15) is 36.2 Å². The molecule has 1 saturated heterocycles. The number of benzene rings is 2. The molecule has 6 heteroatoms. The molecule has 27 heavy (non-hydrogen) atoms. The summed E-state index contributed by atoms with van der Waals surface area (Å²) in [6.07, 6.45) is 1.36. The molecule has 5 nitrogen and oxygen atoms in total. The van der Waals surface area contributed by atoms with Gasteiger partial charge in [0.25, 0.3) is 5.89 Å². The summed E-state index contributed by atoms with van der Waals surface area (Å²) in [7, 11) is 0. The molecular formula is C21H20ClN3O2. The maximum Gasteiger partial charge on any atom is 0.257 e. The number of hydrogen-bond acceptors (Lipinski definition) is 4. The van der Waals surface area contributed by atoms with Crippen molar-refractivity contribution in [3.05, 3.63) is 64.4 Å². The van der Waals surface area contributed by atoms with Gasteiger partial charge >= 0.3 is 0 Å². The van der Waals surface area contributed by atoms with Crippen molar-refractivity contribution < 1.29 is 9.32 Å². The molecule has 1 unspecified atom stereocenters. The molecule has 138 valence electrons. The third-order valence-electron chi connectivity index (χ3n) is 4.99. The van der Waals surface area contributed by atoms with Crippen molar-refractivity contribution in [3.63, 3.8) is 0 Å². The Bertz CT molecular complexity index is 981. The van der Waals surface area contributed by atoms with E-state index in [2.05, 4.69) is 29.2 Å². The zero-order valence-corrected chi connectivity index (χ0v) is 16.0. The largest absolute Gasteiger partial charge is 0.334 e. The van der Waals surface area contributed by atoms with E-state index in [1.807, 2.05) is 31.2 Å². The average molecular weight is 382 g/mol. The number of amides is 1. The Kier molecular flexibility index (Phi) is 4.70. The van der Waals surface area contributed by atoms with Gasteiger partial charge in [0.15, 0.2) is 5.82 Å². The van der Waals surface area contributed by atoms with Crippen LogP contribution < -0.4 is 4.90 Å². The molecule has 3 aromatic rings. The van der Waals surface area contributed by atoms with E-state index < -0.39 is 0 Å². The van der Waals surface area contributed by atoms with Gasteiger partial charge in [0.2, 0.25) is 5.91 Å². The Morgan fingerprint density at radius 3 is 2.70 bits per heavy atom. The van der Waals surface area contributed by atoms with Gasteiger partial charge in [-0.3, -0.25) is 4.79 Å². The lowest BCUT2D eigenvalue weighted by atomic mass is 10.1. The Hall–Kier alpha value is -2.66. The molecule has 1 aromatic heterocycles. The number of carbonyl (C=O) groups is 1. The average Bonchev–Trinajstić information content (AvgIpc) is 3.29. The molecule has 0 spiro atoms. The van der Waals surface area contributed by atoms with Gasteiger partial charge < -0.3 is 9.42 Å². The third kappa shape index (κ3) is 3.47. The van der Waals surface area contributed by atoms with Gasteiger partial charge in [-0.1, -0.05) is 35.8 Å². The number of halogens is 1. The number of aromatic nitrogens is 2. The summed E-state index contributed by atoms with van der Waals surface area (Å²) in [5.41, 5.74) is 4.00. The molecule has 1 fully saturated rings. The van der Waals surface area contributed by atoms with Crippen molar-refractivity contribution >= 4 is 23.2 Å². The number of aryl methyl sites for hydroxylation is 2. The summed E-state index contributed by atoms with van der Waals surface area (Å²) in [6, 6.07) is 13.6. The van der Waals surface area contributed by atoms with Gasteiger partial charge in [0.05, 0.1) is 0 Å². The summed E-state index contributed by atoms with van der Waals surface area (Å²) >= 11 is 6.03. The highest BCUT2D eigenvalue weighted by Crippen LogP contribution is 2.33. The normalized spacial score (nSPS) is 16.9. The van der Waals surface area contributed by atoms with Gasteiger partial charge in [0, 0.05) is 35.2 Å². The Balaban J connectivity index is 1.54. The van der Waals surface area contributed by atoms with E-state index >= 15 is 0 Å². The van der Waals surface area contributed by atoms with Crippen LogP contribution >= 0.6 is 11.6 Å². The highest BCUT2D eigenvalue weighted by atomic mass is 35.5. The van der Waals surface area contributed by atoms with Gasteiger partial charge in [-0.2, -0.15) is 4.98 Å². The second-order valence-electron chi connectivity index (χ2n) is 6.84. The predicted molar refractivity (Wildman–Crippen MR) is 105 cm³/mol. The van der Waals surface area contributed by atoms with E-state index in [0.717, 1.165) is 23.2 Å². The van der Waals surface area contributed by atoms with Crippen LogP contribution in [0, 0.1) is 6.92 Å². The fourth-order valence-electron chi connectivity index (χ4n) is 3.44. The van der Waals surface area contributed by atoms with Crippen molar-refractivity contribution in [2.45, 2.75) is 32.6 Å². The molecule has 0 bridgehead atoms. The van der Waals surface area contributed by atoms with Crippen molar-refractivity contribution in [1.29, 1.82) is 0 Å². The minimum atomic E-state index is -0.0833. The van der Waals surface area contributed by atoms with E-state index in [1.165, 1.54) is 5.56 Å². The molecule has 2 aromatic carbocycles. The first-order valence-corrected chi connectivity index (χ1v) is 9.42. The summed E-state index contributed by atoms with van der Waals surface area (Å²) in [5.74, 6) is 1.04. The summed E-state index contributed by atoms with van der Waals surface area (Å²) < 4.78 is 5.44. The van der Waals surface area contributed by atoms with Crippen molar-refractivity contribution in [3.8, 4) is 11.5 Å². The van der Waals surface area contributed by atoms with E-state index in [1.54, 1.807) is 11.0 Å². The van der Waals surface area contributed by atoms with E-state index in [0.29, 0.717) is 29.7 Å². The highest BCUT2D eigenvalue weighted by molar-refractivity contribution is 6.30. The van der Waals surface area contributed by atoms with Crippen LogP contribution in [0.2, 0.25) is 5.02 Å². The monoisotopic (exact) mass is 381 g/mol. The highest BCUT2D eigenvalue weighted by Gasteiger charge is 2.35. The lowest BCUT2D eigenvalue weighted by Crippen LogP contribution is -2.25. The molecule has 0 saturated carbocycles. The molecule has 1 amide bonds. The maximum atomic E-state index is 12.5. The third-order valence-corrected chi connectivity index (χ3v) is 5.23. The summed E-state index contributed by atoms with van der Waals surface area (Å²) in [6.45, 7) is 4.61. The molecular weight excluding hydrogens is 362 g/mol. The molecule has 1 aliphatic rings. The first-order valence-electron chi connectivity index (χ1n) is 9.04. The number of rotatable bonds is 4. The molecule has 1 atom stereocenters. The zero-order valence-electron chi connectivity index (χ0n) is 15.3. The SMILES string of the molecule is CCc1ccc(-c2nc(C3CC(=O)N(c4ccc(Cl)cc4C)C3)no2)cc1. The van der Waals surface area contributed by atoms with Gasteiger partial charge in [0.1, 0.15) is 0 Å². The predicted octanol–water partition coefficient (Wildman–Crippen LogP) is 4.78. The minimum Gasteiger partial charge on any atom is -0.334 e. The molecule has 2 heterocycles. The molecule has 1 aliphatic heterocycles. The van der Waals surface area contributed by atoms with Gasteiger partial charge in [-0.05, 0) is 54.8 Å². The molecule has 0 radical (unpaired) electrons. The molecule has 0 aliphatic carbocycles. The van der Waals surface area contributed by atoms with Crippen LogP contribution in [0.5, 0.6) is 0 Å². The Labute approximate surface area is 163 Å². The smallest absolute Gasteiger partial charge is 0.257 e. The van der Waals surface area contributed by atoms with Crippen molar-refractivity contribution in [1.82, 2.24) is 10.1 Å². The lowest BCUT2D eigenvalue weighted by Gasteiger charge is -2.18. The van der Waals surface area contributed by atoms with Crippen LogP contribution in [0.3, 0.4) is 0 Å². The fraction of sp³-hybridized carbons (Fsp3) is 0.286. The van der Waals surface area contributed by atoms with E-state index in [9.17, 15) is 4.79 Å². The number of anilines is 1. The zero-order chi connectivity index (χ0) is 19.0. The number of hydrogen-bond donors (Lipinski definition) is 0. The first-order chi connectivity index (χ1) is 13.0. The molecule has 0 N–H and O–H groups in total. The second-order valence-corrected chi connectivity index (χ2v) is 7.28. The standard InChI is InChI=1S/C21H20ClN3O2/c1-3-14-4-6-15(7-5-14)21-23-20(24-27-21)16-11-19(26)25(12-16)18-9-8-17(22)10-13(18)2/h4-10,16H,3,11-12H2,1-2H3.